The first kappa shape index (κ1) is 35.4. The summed E-state index contributed by atoms with van der Waals surface area (Å²) in [7, 11) is 1.79. The van der Waals surface area contributed by atoms with Crippen LogP contribution in [0.2, 0.25) is 0 Å². The van der Waals surface area contributed by atoms with Crippen molar-refractivity contribution >= 4 is 35.6 Å². The first-order chi connectivity index (χ1) is 24.8. The van der Waals surface area contributed by atoms with Gasteiger partial charge < -0.3 is 19.3 Å². The molecule has 0 aliphatic carbocycles. The van der Waals surface area contributed by atoms with Crippen LogP contribution in [-0.2, 0) is 37.7 Å². The maximum Gasteiger partial charge on any atom is 0.264 e. The fourth-order valence-corrected chi connectivity index (χ4v) is 7.85. The van der Waals surface area contributed by atoms with Gasteiger partial charge in [0.1, 0.15) is 11.6 Å². The smallest absolute Gasteiger partial charge is 0.264 e. The molecule has 1 fully saturated rings. The number of anilines is 2. The van der Waals surface area contributed by atoms with Crippen LogP contribution in [0.1, 0.15) is 50.4 Å². The van der Waals surface area contributed by atoms with Gasteiger partial charge >= 0.3 is 0 Å². The van der Waals surface area contributed by atoms with Crippen molar-refractivity contribution in [2.45, 2.75) is 44.8 Å². The van der Waals surface area contributed by atoms with Gasteiger partial charge in [0.05, 0.1) is 30.7 Å². The van der Waals surface area contributed by atoms with Crippen molar-refractivity contribution in [3.8, 4) is 17.0 Å². The molecule has 0 unspecified atom stereocenters. The highest BCUT2D eigenvalue weighted by atomic mass is 35.5. The Morgan fingerprint density at radius 1 is 0.942 bits per heavy atom. The van der Waals surface area contributed by atoms with Gasteiger partial charge in [-0.05, 0) is 85.3 Å². The predicted molar refractivity (Wildman–Crippen MR) is 199 cm³/mol. The zero-order valence-electron chi connectivity index (χ0n) is 29.1. The SMILES string of the molecule is Cl.Cn1cc(N(C(=O)c2cc(-c3cc(F)ccc3C(=O)N3Cc4ccccc4C[C@H]3CN3CCOCC3)n3c2CCCC3)c2ccc(O)cc2)cn1. The first-order valence-corrected chi connectivity index (χ1v) is 17.7. The summed E-state index contributed by atoms with van der Waals surface area (Å²) in [4.78, 5) is 35.4. The lowest BCUT2D eigenvalue weighted by Crippen LogP contribution is -2.52. The van der Waals surface area contributed by atoms with Crippen molar-refractivity contribution in [2.75, 3.05) is 37.7 Å². The maximum absolute atomic E-state index is 15.3. The van der Waals surface area contributed by atoms with E-state index in [1.165, 1.54) is 17.7 Å². The molecule has 8 rings (SSSR count). The number of phenols is 1. The van der Waals surface area contributed by atoms with Gasteiger partial charge in [-0.25, -0.2) is 4.39 Å². The lowest BCUT2D eigenvalue weighted by Gasteiger charge is -2.40. The zero-order valence-corrected chi connectivity index (χ0v) is 29.9. The maximum atomic E-state index is 15.3. The zero-order chi connectivity index (χ0) is 35.1. The molecule has 2 aromatic heterocycles. The molecule has 0 saturated carbocycles. The van der Waals surface area contributed by atoms with Crippen LogP contribution >= 0.6 is 12.4 Å². The van der Waals surface area contributed by atoms with Gasteiger partial charge in [-0.3, -0.25) is 24.1 Å². The second kappa shape index (κ2) is 14.9. The number of ether oxygens (including phenoxy) is 1. The van der Waals surface area contributed by atoms with Crippen LogP contribution in [0.5, 0.6) is 5.75 Å². The number of carbonyl (C=O) groups excluding carboxylic acids is 2. The van der Waals surface area contributed by atoms with Gasteiger partial charge in [0.25, 0.3) is 11.8 Å². The first-order valence-electron chi connectivity index (χ1n) is 17.7. The monoisotopic (exact) mass is 724 g/mol. The third-order valence-corrected chi connectivity index (χ3v) is 10.4. The molecule has 1 N–H and O–H groups in total. The number of hydrogen-bond acceptors (Lipinski definition) is 6. The average molecular weight is 725 g/mol. The molecular weight excluding hydrogens is 683 g/mol. The Morgan fingerprint density at radius 3 is 2.46 bits per heavy atom. The highest BCUT2D eigenvalue weighted by Gasteiger charge is 2.35. The van der Waals surface area contributed by atoms with Crippen LogP contribution in [0.15, 0.2) is 85.2 Å². The predicted octanol–water partition coefficient (Wildman–Crippen LogP) is 6.37. The molecule has 0 radical (unpaired) electrons. The van der Waals surface area contributed by atoms with E-state index < -0.39 is 5.82 Å². The van der Waals surface area contributed by atoms with Gasteiger partial charge in [0.15, 0.2) is 0 Å². The average Bonchev–Trinajstić information content (AvgIpc) is 3.76. The molecule has 5 heterocycles. The van der Waals surface area contributed by atoms with E-state index in [4.69, 9.17) is 4.74 Å². The number of carbonyl (C=O) groups is 2. The molecule has 0 bridgehead atoms. The van der Waals surface area contributed by atoms with Crippen molar-refractivity contribution in [1.82, 2.24) is 24.1 Å². The topological polar surface area (TPSA) is 96.1 Å². The van der Waals surface area contributed by atoms with E-state index in [-0.39, 0.29) is 36.0 Å². The number of phenolic OH excluding ortho intramolecular Hbond substituents is 1. The minimum Gasteiger partial charge on any atom is -0.508 e. The molecule has 0 spiro atoms. The number of morpholine rings is 1. The van der Waals surface area contributed by atoms with Gasteiger partial charge in [-0.2, -0.15) is 5.10 Å². The normalized spacial score (nSPS) is 17.2. The van der Waals surface area contributed by atoms with Crippen LogP contribution in [-0.4, -0.2) is 80.0 Å². The number of aromatic nitrogens is 3. The van der Waals surface area contributed by atoms with Crippen molar-refractivity contribution in [1.29, 1.82) is 0 Å². The molecule has 5 aromatic rings. The van der Waals surface area contributed by atoms with Crippen LogP contribution in [0.3, 0.4) is 0 Å². The summed E-state index contributed by atoms with van der Waals surface area (Å²) in [6, 6.07) is 20.9. The molecular formula is C40H42ClFN6O4. The summed E-state index contributed by atoms with van der Waals surface area (Å²) < 4.78 is 24.6. The standard InChI is InChI=1S/C40H41FN6O4.ClH/c1-43-25-32(23-42-43)47(30-10-12-33(48)13-11-30)40(50)36-22-38(45-15-5-4-8-37(36)45)35-21-29(41)9-14-34(35)39(49)46-24-28-7-3-2-6-27(28)20-31(46)26-44-16-18-51-19-17-44;/h2-3,6-7,9-14,21-23,25,31,48H,4-5,8,15-20,24,26H2,1H3;1H/t31-;/m0./s1. The van der Waals surface area contributed by atoms with E-state index in [0.717, 1.165) is 50.2 Å². The number of aromatic hydroxyl groups is 1. The summed E-state index contributed by atoms with van der Waals surface area (Å²) in [6.07, 6.45) is 6.59. The summed E-state index contributed by atoms with van der Waals surface area (Å²) in [5.41, 5.74) is 6.38. The van der Waals surface area contributed by atoms with E-state index in [2.05, 4.69) is 26.7 Å². The quantitative estimate of drug-likeness (QED) is 0.210. The Labute approximate surface area is 308 Å². The van der Waals surface area contributed by atoms with Crippen LogP contribution in [0, 0.1) is 5.82 Å². The second-order valence-electron chi connectivity index (χ2n) is 13.7. The van der Waals surface area contributed by atoms with Crippen LogP contribution in [0.4, 0.5) is 15.8 Å². The van der Waals surface area contributed by atoms with E-state index in [0.29, 0.717) is 66.5 Å². The number of hydrogen-bond donors (Lipinski definition) is 1. The molecule has 12 heteroatoms. The van der Waals surface area contributed by atoms with E-state index >= 15 is 4.39 Å². The highest BCUT2D eigenvalue weighted by Crippen LogP contribution is 2.37. The minimum absolute atomic E-state index is 0. The number of fused-ring (bicyclic) bond motifs is 2. The third-order valence-electron chi connectivity index (χ3n) is 10.4. The van der Waals surface area contributed by atoms with E-state index in [1.807, 2.05) is 23.1 Å². The Balaban J connectivity index is 0.00000420. The fourth-order valence-electron chi connectivity index (χ4n) is 7.85. The molecule has 270 valence electrons. The molecule has 10 nitrogen and oxygen atoms in total. The molecule has 1 saturated heterocycles. The number of rotatable bonds is 7. The van der Waals surface area contributed by atoms with Gasteiger partial charge in [0, 0.05) is 80.2 Å². The summed E-state index contributed by atoms with van der Waals surface area (Å²) in [5.74, 6) is -0.782. The highest BCUT2D eigenvalue weighted by molar-refractivity contribution is 6.12. The third kappa shape index (κ3) is 6.83. The number of halogens is 2. The molecule has 3 aliphatic heterocycles. The number of nitrogens with zero attached hydrogens (tertiary/aromatic N) is 6. The summed E-state index contributed by atoms with van der Waals surface area (Å²) in [6.45, 7) is 4.80. The minimum atomic E-state index is -0.448. The number of amides is 2. The lowest BCUT2D eigenvalue weighted by molar-refractivity contribution is 0.0193. The van der Waals surface area contributed by atoms with Gasteiger partial charge in [-0.15, -0.1) is 12.4 Å². The number of aryl methyl sites for hydroxylation is 1. The largest absolute Gasteiger partial charge is 0.508 e. The second-order valence-corrected chi connectivity index (χ2v) is 13.7. The Bertz CT molecular complexity index is 2090. The Morgan fingerprint density at radius 2 is 1.71 bits per heavy atom. The lowest BCUT2D eigenvalue weighted by atomic mass is 9.92. The van der Waals surface area contributed by atoms with E-state index in [9.17, 15) is 14.7 Å². The van der Waals surface area contributed by atoms with Gasteiger partial charge in [0.2, 0.25) is 0 Å². The summed E-state index contributed by atoms with van der Waals surface area (Å²) >= 11 is 0. The Hall–Kier alpha value is -4.97. The van der Waals surface area contributed by atoms with E-state index in [1.54, 1.807) is 59.4 Å². The summed E-state index contributed by atoms with van der Waals surface area (Å²) in [5, 5.41) is 14.3. The molecule has 3 aliphatic rings. The Kier molecular flexibility index (Phi) is 10.2. The van der Waals surface area contributed by atoms with Crippen LogP contribution < -0.4 is 4.90 Å². The molecule has 52 heavy (non-hydrogen) atoms. The van der Waals surface area contributed by atoms with Crippen molar-refractivity contribution in [3.05, 3.63) is 119 Å². The fraction of sp³-hybridized carbons (Fsp3) is 0.325. The molecule has 3 aromatic carbocycles. The van der Waals surface area contributed by atoms with Crippen molar-refractivity contribution < 1.29 is 23.8 Å². The molecule has 1 atom stereocenters. The van der Waals surface area contributed by atoms with Crippen molar-refractivity contribution in [2.24, 2.45) is 7.05 Å². The van der Waals surface area contributed by atoms with Crippen molar-refractivity contribution in [3.63, 3.8) is 0 Å². The number of benzene rings is 3. The molecule has 2 amide bonds. The van der Waals surface area contributed by atoms with Gasteiger partial charge in [-0.1, -0.05) is 24.3 Å². The van der Waals surface area contributed by atoms with Crippen LogP contribution in [0.25, 0.3) is 11.3 Å².